The van der Waals surface area contributed by atoms with Crippen molar-refractivity contribution in [2.45, 2.75) is 4.90 Å². The van der Waals surface area contributed by atoms with E-state index in [1.54, 1.807) is 18.1 Å². The highest BCUT2D eigenvalue weighted by atomic mass is 32.2. The molecule has 2 aromatic carbocycles. The molecule has 23 heavy (non-hydrogen) atoms. The lowest BCUT2D eigenvalue weighted by molar-refractivity contribution is 0.886. The summed E-state index contributed by atoms with van der Waals surface area (Å²) in [5.74, 6) is 0. The summed E-state index contributed by atoms with van der Waals surface area (Å²) in [5.41, 5.74) is 5.52. The molecule has 5 heteroatoms. The number of rotatable bonds is 1. The van der Waals surface area contributed by atoms with Crippen LogP contribution in [0.15, 0.2) is 72.0 Å². The summed E-state index contributed by atoms with van der Waals surface area (Å²) in [6, 6.07) is 16.6. The van der Waals surface area contributed by atoms with Crippen LogP contribution in [0.1, 0.15) is 0 Å². The van der Waals surface area contributed by atoms with Gasteiger partial charge in [-0.15, -0.1) is 0 Å². The fraction of sp³-hybridized carbons (Fsp3) is 0. The Labute approximate surface area is 137 Å². The second-order valence-corrected chi connectivity index (χ2v) is 6.21. The van der Waals surface area contributed by atoms with Crippen molar-refractivity contribution in [2.75, 3.05) is 4.72 Å². The first-order valence-corrected chi connectivity index (χ1v) is 8.17. The van der Waals surface area contributed by atoms with E-state index in [0.29, 0.717) is 0 Å². The Hall–Kier alpha value is -2.79. The first-order chi connectivity index (χ1) is 11.4. The van der Waals surface area contributed by atoms with Gasteiger partial charge in [-0.3, -0.25) is 4.98 Å². The first kappa shape index (κ1) is 12.7. The summed E-state index contributed by atoms with van der Waals surface area (Å²) < 4.78 is 5.33. The molecule has 4 aromatic rings. The van der Waals surface area contributed by atoms with Crippen LogP contribution in [0, 0.1) is 0 Å². The highest BCUT2D eigenvalue weighted by Crippen LogP contribution is 2.45. The number of nitrogens with one attached hydrogen (secondary N) is 1. The molecule has 110 valence electrons. The van der Waals surface area contributed by atoms with Crippen LogP contribution in [-0.2, 0) is 0 Å². The number of anilines is 1. The second kappa shape index (κ2) is 4.86. The van der Waals surface area contributed by atoms with E-state index in [2.05, 4.69) is 51.2 Å². The molecule has 0 radical (unpaired) electrons. The van der Waals surface area contributed by atoms with Crippen molar-refractivity contribution < 1.29 is 0 Å². The van der Waals surface area contributed by atoms with E-state index in [4.69, 9.17) is 0 Å². The highest BCUT2D eigenvalue weighted by Gasteiger charge is 2.20. The van der Waals surface area contributed by atoms with Crippen molar-refractivity contribution in [3.05, 3.63) is 67.1 Å². The smallest absolute Gasteiger partial charge is 0.0969 e. The molecule has 1 N–H and O–H groups in total. The lowest BCUT2D eigenvalue weighted by atomic mass is 10.0. The van der Waals surface area contributed by atoms with Crippen LogP contribution in [0.4, 0.5) is 5.69 Å². The van der Waals surface area contributed by atoms with Crippen molar-refractivity contribution in [3.8, 4) is 16.8 Å². The molecule has 0 unspecified atom stereocenters. The predicted octanol–water partition coefficient (Wildman–Crippen LogP) is 4.52. The maximum Gasteiger partial charge on any atom is 0.0969 e. The minimum absolute atomic E-state index is 0.970. The SMILES string of the molecule is c1ccc2c(c1)SNc1c-2ccc2c(-n3cccn3)ccnc12. The Bertz CT molecular complexity index is 1020. The molecule has 2 aromatic heterocycles. The summed E-state index contributed by atoms with van der Waals surface area (Å²) in [6.45, 7) is 0. The van der Waals surface area contributed by atoms with Gasteiger partial charge in [-0.25, -0.2) is 4.68 Å². The summed E-state index contributed by atoms with van der Waals surface area (Å²) >= 11 is 1.64. The second-order valence-electron chi connectivity index (χ2n) is 5.37. The van der Waals surface area contributed by atoms with Gasteiger partial charge in [0.2, 0.25) is 0 Å². The van der Waals surface area contributed by atoms with Crippen LogP contribution in [0.2, 0.25) is 0 Å². The Morgan fingerprint density at radius 2 is 1.87 bits per heavy atom. The van der Waals surface area contributed by atoms with E-state index in [1.165, 1.54) is 16.0 Å². The van der Waals surface area contributed by atoms with Crippen LogP contribution in [0.25, 0.3) is 27.7 Å². The normalized spacial score (nSPS) is 12.5. The molecule has 0 aliphatic carbocycles. The van der Waals surface area contributed by atoms with Gasteiger partial charge in [-0.2, -0.15) is 5.10 Å². The third kappa shape index (κ3) is 1.87. The quantitative estimate of drug-likeness (QED) is 0.524. The molecule has 1 aliphatic heterocycles. The number of aromatic nitrogens is 3. The highest BCUT2D eigenvalue weighted by molar-refractivity contribution is 8.00. The van der Waals surface area contributed by atoms with Gasteiger partial charge in [0.25, 0.3) is 0 Å². The van der Waals surface area contributed by atoms with Crippen LogP contribution in [0.3, 0.4) is 0 Å². The molecule has 0 amide bonds. The fourth-order valence-corrected chi connectivity index (χ4v) is 3.88. The van der Waals surface area contributed by atoms with Crippen LogP contribution < -0.4 is 4.72 Å². The zero-order valence-corrected chi connectivity index (χ0v) is 12.9. The molecule has 3 heterocycles. The summed E-state index contributed by atoms with van der Waals surface area (Å²) in [6.07, 6.45) is 5.58. The number of fused-ring (bicyclic) bond motifs is 5. The Morgan fingerprint density at radius 3 is 2.78 bits per heavy atom. The van der Waals surface area contributed by atoms with Crippen molar-refractivity contribution in [1.29, 1.82) is 0 Å². The molecule has 4 nitrogen and oxygen atoms in total. The Morgan fingerprint density at radius 1 is 0.913 bits per heavy atom. The average Bonchev–Trinajstić information content (AvgIpc) is 3.15. The minimum Gasteiger partial charge on any atom is -0.323 e. The van der Waals surface area contributed by atoms with Gasteiger partial charge >= 0.3 is 0 Å². The third-order valence-corrected chi connectivity index (χ3v) is 4.96. The molecule has 0 saturated carbocycles. The van der Waals surface area contributed by atoms with Crippen molar-refractivity contribution in [3.63, 3.8) is 0 Å². The standard InChI is InChI=1S/C18H12N4S/c1-2-5-16-12(4-1)13-6-7-14-15(22-11-3-9-20-22)8-10-19-17(14)18(13)21-23-16/h1-11,21H. The maximum absolute atomic E-state index is 4.62. The molecule has 0 atom stereocenters. The van der Waals surface area contributed by atoms with Crippen molar-refractivity contribution >= 4 is 28.5 Å². The van der Waals surface area contributed by atoms with Crippen LogP contribution in [0.5, 0.6) is 0 Å². The van der Waals surface area contributed by atoms with Gasteiger partial charge in [-0.1, -0.05) is 24.3 Å². The molecule has 5 rings (SSSR count). The van der Waals surface area contributed by atoms with Gasteiger partial charge in [0, 0.05) is 34.4 Å². The molecule has 0 saturated heterocycles. The van der Waals surface area contributed by atoms with Crippen LogP contribution in [-0.4, -0.2) is 14.8 Å². The molecule has 0 spiro atoms. The summed E-state index contributed by atoms with van der Waals surface area (Å²) in [4.78, 5) is 5.86. The number of hydrogen-bond donors (Lipinski definition) is 1. The van der Waals surface area contributed by atoms with E-state index in [1.807, 2.05) is 29.2 Å². The summed E-state index contributed by atoms with van der Waals surface area (Å²) in [7, 11) is 0. The molecule has 1 aliphatic rings. The fourth-order valence-electron chi connectivity index (χ4n) is 3.03. The van der Waals surface area contributed by atoms with E-state index >= 15 is 0 Å². The van der Waals surface area contributed by atoms with Crippen molar-refractivity contribution in [2.24, 2.45) is 0 Å². The molecule has 0 bridgehead atoms. The predicted molar refractivity (Wildman–Crippen MR) is 93.8 cm³/mol. The molecule has 0 fully saturated rings. The van der Waals surface area contributed by atoms with E-state index in [9.17, 15) is 0 Å². The van der Waals surface area contributed by atoms with Gasteiger partial charge < -0.3 is 4.72 Å². The Balaban J connectivity index is 1.82. The number of nitrogens with zero attached hydrogens (tertiary/aromatic N) is 3. The topological polar surface area (TPSA) is 42.7 Å². The molecular weight excluding hydrogens is 304 g/mol. The average molecular weight is 316 g/mol. The molecular formula is C18H12N4S. The van der Waals surface area contributed by atoms with Crippen LogP contribution >= 0.6 is 11.9 Å². The van der Waals surface area contributed by atoms with E-state index < -0.39 is 0 Å². The first-order valence-electron chi connectivity index (χ1n) is 7.36. The van der Waals surface area contributed by atoms with E-state index in [-0.39, 0.29) is 0 Å². The lowest BCUT2D eigenvalue weighted by Gasteiger charge is -2.22. The third-order valence-electron chi connectivity index (χ3n) is 4.08. The number of pyridine rings is 1. The Kier molecular flexibility index (Phi) is 2.69. The van der Waals surface area contributed by atoms with E-state index in [0.717, 1.165) is 22.3 Å². The van der Waals surface area contributed by atoms with Crippen molar-refractivity contribution in [1.82, 2.24) is 14.8 Å². The summed E-state index contributed by atoms with van der Waals surface area (Å²) in [5, 5.41) is 5.43. The van der Waals surface area contributed by atoms with Gasteiger partial charge in [0.1, 0.15) is 0 Å². The zero-order valence-electron chi connectivity index (χ0n) is 12.1. The van der Waals surface area contributed by atoms with Gasteiger partial charge in [-0.05, 0) is 41.8 Å². The minimum atomic E-state index is 0.970. The largest absolute Gasteiger partial charge is 0.323 e. The zero-order chi connectivity index (χ0) is 15.2. The number of benzene rings is 2. The monoisotopic (exact) mass is 316 g/mol. The lowest BCUT2D eigenvalue weighted by Crippen LogP contribution is -2.02. The van der Waals surface area contributed by atoms with Gasteiger partial charge in [0.05, 0.1) is 16.9 Å². The number of hydrogen-bond acceptors (Lipinski definition) is 4. The maximum atomic E-state index is 4.62. The van der Waals surface area contributed by atoms with Gasteiger partial charge in [0.15, 0.2) is 0 Å².